The van der Waals surface area contributed by atoms with E-state index in [0.717, 1.165) is 62.4 Å². The van der Waals surface area contributed by atoms with Gasteiger partial charge < -0.3 is 30.4 Å². The number of halogens is 1. The number of likely N-dealkylation sites (N-methyl/N-ethyl adjacent to an activating group) is 1. The number of imidazole rings is 1. The molecule has 4 aromatic rings. The van der Waals surface area contributed by atoms with Gasteiger partial charge in [0, 0.05) is 45.5 Å². The van der Waals surface area contributed by atoms with Crippen LogP contribution in [0.15, 0.2) is 41.2 Å². The van der Waals surface area contributed by atoms with Crippen LogP contribution in [0.3, 0.4) is 0 Å². The van der Waals surface area contributed by atoms with E-state index in [4.69, 9.17) is 5.73 Å². The minimum absolute atomic E-state index is 0.0807. The molecule has 0 aliphatic carbocycles. The number of fused-ring (bicyclic) bond motifs is 2. The number of nitrogens with one attached hydrogen (secondary N) is 2. The topological polar surface area (TPSA) is 97.3 Å². The highest BCUT2D eigenvalue weighted by molar-refractivity contribution is 5.98. The Morgan fingerprint density at radius 1 is 1.12 bits per heavy atom. The molecule has 0 atom stereocenters. The van der Waals surface area contributed by atoms with Crippen LogP contribution in [0.25, 0.3) is 33.3 Å². The Kier molecular flexibility index (Phi) is 5.97. The van der Waals surface area contributed by atoms with Crippen molar-refractivity contribution in [3.05, 3.63) is 52.6 Å². The summed E-state index contributed by atoms with van der Waals surface area (Å²) in [5, 5.41) is 0.193. The van der Waals surface area contributed by atoms with E-state index >= 15 is 0 Å². The number of aromatic amines is 2. The van der Waals surface area contributed by atoms with Crippen LogP contribution in [0.4, 0.5) is 15.8 Å². The number of rotatable bonds is 6. The molecule has 2 aromatic carbocycles. The molecule has 3 heterocycles. The van der Waals surface area contributed by atoms with Gasteiger partial charge in [-0.2, -0.15) is 0 Å². The maximum Gasteiger partial charge on any atom is 0.261 e. The summed E-state index contributed by atoms with van der Waals surface area (Å²) in [6, 6.07) is 10.5. The zero-order valence-electron chi connectivity index (χ0n) is 19.6. The van der Waals surface area contributed by atoms with Crippen LogP contribution >= 0.6 is 0 Å². The van der Waals surface area contributed by atoms with Crippen molar-refractivity contribution in [1.29, 1.82) is 0 Å². The van der Waals surface area contributed by atoms with Crippen LogP contribution in [0.5, 0.6) is 0 Å². The summed E-state index contributed by atoms with van der Waals surface area (Å²) in [6.45, 7) is 6.55. The molecule has 2 aromatic heterocycles. The maximum absolute atomic E-state index is 14.4. The Morgan fingerprint density at radius 3 is 2.71 bits per heavy atom. The van der Waals surface area contributed by atoms with Gasteiger partial charge in [-0.15, -0.1) is 0 Å². The molecule has 0 radical (unpaired) electrons. The Hall–Kier alpha value is -3.43. The quantitative estimate of drug-likeness (QED) is 0.407. The van der Waals surface area contributed by atoms with Crippen molar-refractivity contribution in [2.24, 2.45) is 0 Å². The van der Waals surface area contributed by atoms with E-state index < -0.39 is 11.4 Å². The first-order valence-corrected chi connectivity index (χ1v) is 11.6. The number of nitrogen functional groups attached to an aromatic ring is 1. The van der Waals surface area contributed by atoms with Crippen LogP contribution in [0.1, 0.15) is 6.42 Å². The number of aromatic nitrogens is 3. The Labute approximate surface area is 197 Å². The molecule has 0 unspecified atom stereocenters. The Bertz CT molecular complexity index is 1390. The van der Waals surface area contributed by atoms with Crippen molar-refractivity contribution in [1.82, 2.24) is 24.8 Å². The summed E-state index contributed by atoms with van der Waals surface area (Å²) in [6.07, 6.45) is 1.08. The number of piperazine rings is 1. The minimum atomic E-state index is -0.482. The van der Waals surface area contributed by atoms with Crippen LogP contribution in [-0.2, 0) is 0 Å². The van der Waals surface area contributed by atoms with Crippen molar-refractivity contribution >= 4 is 33.3 Å². The number of anilines is 2. The molecule has 4 N–H and O–H groups in total. The number of nitrogens with two attached hydrogens (primary N) is 1. The monoisotopic (exact) mass is 463 g/mol. The molecule has 1 aliphatic rings. The molecular formula is C25H30FN7O. The lowest BCUT2D eigenvalue weighted by atomic mass is 10.1. The predicted molar refractivity (Wildman–Crippen MR) is 136 cm³/mol. The molecule has 0 bridgehead atoms. The van der Waals surface area contributed by atoms with Gasteiger partial charge in [-0.25, -0.2) is 9.37 Å². The van der Waals surface area contributed by atoms with Gasteiger partial charge in [-0.05, 0) is 50.3 Å². The highest BCUT2D eigenvalue weighted by Gasteiger charge is 2.18. The SMILES string of the molecule is CN1CCN(CCCN(C)c2ccc3nc(-c4c(N)c5c(F)cccc5[nH]c4=O)[nH]c3c2)CC1. The van der Waals surface area contributed by atoms with Crippen LogP contribution in [-0.4, -0.2) is 78.1 Å². The van der Waals surface area contributed by atoms with Gasteiger partial charge in [0.05, 0.1) is 27.6 Å². The van der Waals surface area contributed by atoms with E-state index in [-0.39, 0.29) is 16.6 Å². The van der Waals surface area contributed by atoms with E-state index in [0.29, 0.717) is 11.3 Å². The summed E-state index contributed by atoms with van der Waals surface area (Å²) in [7, 11) is 4.25. The lowest BCUT2D eigenvalue weighted by Crippen LogP contribution is -2.45. The molecule has 1 fully saturated rings. The first-order chi connectivity index (χ1) is 16.4. The van der Waals surface area contributed by atoms with Crippen molar-refractivity contribution in [3.63, 3.8) is 0 Å². The van der Waals surface area contributed by atoms with Gasteiger partial charge in [0.15, 0.2) is 0 Å². The molecular weight excluding hydrogens is 433 g/mol. The van der Waals surface area contributed by atoms with E-state index in [1.54, 1.807) is 6.07 Å². The Morgan fingerprint density at radius 2 is 1.91 bits per heavy atom. The number of H-pyrrole nitrogens is 2. The van der Waals surface area contributed by atoms with Gasteiger partial charge in [0.1, 0.15) is 17.2 Å². The lowest BCUT2D eigenvalue weighted by Gasteiger charge is -2.32. The number of hydrogen-bond acceptors (Lipinski definition) is 6. The van der Waals surface area contributed by atoms with Gasteiger partial charge >= 0.3 is 0 Å². The number of nitrogens with zero attached hydrogens (tertiary/aromatic N) is 4. The summed E-state index contributed by atoms with van der Waals surface area (Å²) < 4.78 is 14.4. The maximum atomic E-state index is 14.4. The molecule has 8 nitrogen and oxygen atoms in total. The molecule has 9 heteroatoms. The first-order valence-electron chi connectivity index (χ1n) is 11.6. The average Bonchev–Trinajstić information content (AvgIpc) is 3.22. The number of pyridine rings is 1. The van der Waals surface area contributed by atoms with E-state index in [1.165, 1.54) is 12.1 Å². The third-order valence-electron chi connectivity index (χ3n) is 6.73. The largest absolute Gasteiger partial charge is 0.397 e. The van der Waals surface area contributed by atoms with Gasteiger partial charge in [-0.1, -0.05) is 6.07 Å². The molecule has 1 aliphatic heterocycles. The molecule has 1 saturated heterocycles. The number of benzene rings is 2. The normalized spacial score (nSPS) is 15.4. The second-order valence-electron chi connectivity index (χ2n) is 9.11. The first kappa shape index (κ1) is 22.4. The van der Waals surface area contributed by atoms with E-state index in [2.05, 4.69) is 43.7 Å². The fourth-order valence-electron chi connectivity index (χ4n) is 4.65. The number of hydrogen-bond donors (Lipinski definition) is 3. The van der Waals surface area contributed by atoms with Crippen molar-refractivity contribution in [2.45, 2.75) is 6.42 Å². The summed E-state index contributed by atoms with van der Waals surface area (Å²) >= 11 is 0. The van der Waals surface area contributed by atoms with E-state index in [1.807, 2.05) is 18.2 Å². The standard InChI is InChI=1S/C25H30FN7O/c1-31-11-13-33(14-12-31)10-4-9-32(2)16-7-8-18-20(15-16)29-24(28-18)22-23(27)21-17(26)5-3-6-19(21)30-25(22)34/h3,5-8,15H,4,9-14H2,1-2H3,(H,28,29)(H3,27,30,34). The Balaban J connectivity index is 1.36. The zero-order valence-corrected chi connectivity index (χ0v) is 19.6. The average molecular weight is 464 g/mol. The molecule has 0 saturated carbocycles. The smallest absolute Gasteiger partial charge is 0.261 e. The highest BCUT2D eigenvalue weighted by atomic mass is 19.1. The highest BCUT2D eigenvalue weighted by Crippen LogP contribution is 2.30. The summed E-state index contributed by atoms with van der Waals surface area (Å²) in [5.41, 5.74) is 9.01. The molecule has 34 heavy (non-hydrogen) atoms. The zero-order chi connectivity index (χ0) is 23.8. The molecule has 0 amide bonds. The fraction of sp³-hybridized carbons (Fsp3) is 0.360. The minimum Gasteiger partial charge on any atom is -0.397 e. The van der Waals surface area contributed by atoms with E-state index in [9.17, 15) is 9.18 Å². The van der Waals surface area contributed by atoms with Gasteiger partial charge in [0.2, 0.25) is 0 Å². The fourth-order valence-corrected chi connectivity index (χ4v) is 4.65. The van der Waals surface area contributed by atoms with Crippen molar-refractivity contribution in [2.75, 3.05) is 64.0 Å². The molecule has 0 spiro atoms. The van der Waals surface area contributed by atoms with Gasteiger partial charge in [-0.3, -0.25) is 4.79 Å². The third-order valence-corrected chi connectivity index (χ3v) is 6.73. The van der Waals surface area contributed by atoms with Crippen molar-refractivity contribution in [3.8, 4) is 11.4 Å². The van der Waals surface area contributed by atoms with Gasteiger partial charge in [0.25, 0.3) is 5.56 Å². The third kappa shape index (κ3) is 4.24. The van der Waals surface area contributed by atoms with Crippen LogP contribution < -0.4 is 16.2 Å². The van der Waals surface area contributed by atoms with Crippen LogP contribution in [0, 0.1) is 5.82 Å². The van der Waals surface area contributed by atoms with Crippen LogP contribution in [0.2, 0.25) is 0 Å². The second-order valence-corrected chi connectivity index (χ2v) is 9.11. The molecule has 178 valence electrons. The second kappa shape index (κ2) is 9.08. The predicted octanol–water partition coefficient (Wildman–Crippen LogP) is 2.87. The van der Waals surface area contributed by atoms with Crippen molar-refractivity contribution < 1.29 is 4.39 Å². The summed E-state index contributed by atoms with van der Waals surface area (Å²) in [5.74, 6) is -0.155. The molecule has 5 rings (SSSR count). The lowest BCUT2D eigenvalue weighted by molar-refractivity contribution is 0.153. The summed E-state index contributed by atoms with van der Waals surface area (Å²) in [4.78, 5) is 30.4.